The molecule has 0 saturated heterocycles. The molecule has 1 aromatic heterocycles. The molecule has 2 N–H and O–H groups in total. The Morgan fingerprint density at radius 3 is 2.61 bits per heavy atom. The second-order valence-electron chi connectivity index (χ2n) is 4.38. The van der Waals surface area contributed by atoms with Gasteiger partial charge < -0.3 is 14.8 Å². The molecule has 122 valence electrons. The number of hydrogen-bond acceptors (Lipinski definition) is 6. The highest BCUT2D eigenvalue weighted by atomic mass is 16.5. The molecule has 1 heterocycles. The van der Waals surface area contributed by atoms with Crippen LogP contribution in [0.3, 0.4) is 0 Å². The minimum absolute atomic E-state index is 0.0868. The highest BCUT2D eigenvalue weighted by Gasteiger charge is 2.09. The van der Waals surface area contributed by atoms with E-state index in [0.29, 0.717) is 11.4 Å². The van der Waals surface area contributed by atoms with Gasteiger partial charge in [-0.05, 0) is 31.2 Å². The fourth-order valence-electron chi connectivity index (χ4n) is 1.71. The van der Waals surface area contributed by atoms with Crippen molar-refractivity contribution in [3.63, 3.8) is 0 Å². The Kier molecular flexibility index (Phi) is 5.50. The first-order valence-corrected chi connectivity index (χ1v) is 6.88. The van der Waals surface area contributed by atoms with Crippen molar-refractivity contribution >= 4 is 23.5 Å². The molecule has 0 radical (unpaired) electrons. The molecule has 0 saturated carbocycles. The van der Waals surface area contributed by atoms with Crippen molar-refractivity contribution in [3.8, 4) is 5.75 Å². The summed E-state index contributed by atoms with van der Waals surface area (Å²) >= 11 is 0. The van der Waals surface area contributed by atoms with Gasteiger partial charge >= 0.3 is 6.09 Å². The average molecular weight is 319 g/mol. The maximum Gasteiger partial charge on any atom is 0.412 e. The average Bonchev–Trinajstić information content (AvgIpc) is 2.95. The molecule has 0 bridgehead atoms. The van der Waals surface area contributed by atoms with Crippen LogP contribution >= 0.6 is 0 Å². The molecular weight excluding hydrogens is 302 g/mol. The van der Waals surface area contributed by atoms with Gasteiger partial charge in [-0.1, -0.05) is 0 Å². The zero-order valence-electron chi connectivity index (χ0n) is 12.8. The van der Waals surface area contributed by atoms with Gasteiger partial charge in [0.2, 0.25) is 5.91 Å². The van der Waals surface area contributed by atoms with Gasteiger partial charge in [0.1, 0.15) is 12.3 Å². The third-order valence-corrected chi connectivity index (χ3v) is 2.70. The summed E-state index contributed by atoms with van der Waals surface area (Å²) in [4.78, 5) is 24.3. The van der Waals surface area contributed by atoms with E-state index in [-0.39, 0.29) is 24.9 Å². The first-order valence-electron chi connectivity index (χ1n) is 6.88. The molecule has 0 aliphatic rings. The summed E-state index contributed by atoms with van der Waals surface area (Å²) in [5.74, 6) is 0.612. The van der Waals surface area contributed by atoms with Crippen LogP contribution in [0.5, 0.6) is 5.75 Å². The van der Waals surface area contributed by atoms with E-state index in [1.807, 2.05) is 0 Å². The van der Waals surface area contributed by atoms with E-state index in [9.17, 15) is 9.59 Å². The van der Waals surface area contributed by atoms with E-state index in [2.05, 4.69) is 20.8 Å². The van der Waals surface area contributed by atoms with Crippen LogP contribution in [0.15, 0.2) is 30.5 Å². The number of ether oxygens (including phenoxy) is 2. The fourth-order valence-corrected chi connectivity index (χ4v) is 1.71. The van der Waals surface area contributed by atoms with E-state index >= 15 is 0 Å². The summed E-state index contributed by atoms with van der Waals surface area (Å²) in [7, 11) is 1.57. The Labute approximate surface area is 132 Å². The lowest BCUT2D eigenvalue weighted by Crippen LogP contribution is -2.20. The van der Waals surface area contributed by atoms with Crippen LogP contribution in [0.1, 0.15) is 6.92 Å². The number of carbonyl (C=O) groups excluding carboxylic acids is 2. The van der Waals surface area contributed by atoms with Crippen LogP contribution in [0, 0.1) is 0 Å². The number of anilines is 2. The molecule has 0 unspecified atom stereocenters. The van der Waals surface area contributed by atoms with Crippen LogP contribution in [0.4, 0.5) is 16.3 Å². The van der Waals surface area contributed by atoms with Crippen molar-refractivity contribution in [2.24, 2.45) is 0 Å². The Hall–Kier alpha value is -3.10. The van der Waals surface area contributed by atoms with E-state index in [4.69, 9.17) is 9.47 Å². The molecule has 2 aromatic rings. The smallest absolute Gasteiger partial charge is 0.412 e. The van der Waals surface area contributed by atoms with Crippen molar-refractivity contribution < 1.29 is 19.1 Å². The van der Waals surface area contributed by atoms with Crippen LogP contribution in [-0.2, 0) is 16.1 Å². The van der Waals surface area contributed by atoms with Crippen molar-refractivity contribution in [1.82, 2.24) is 15.0 Å². The normalized spacial score (nSPS) is 10.0. The van der Waals surface area contributed by atoms with Crippen molar-refractivity contribution in [3.05, 3.63) is 30.5 Å². The Morgan fingerprint density at radius 2 is 1.96 bits per heavy atom. The van der Waals surface area contributed by atoms with Gasteiger partial charge in [0.05, 0.1) is 19.9 Å². The molecule has 0 aliphatic heterocycles. The fraction of sp³-hybridized carbons (Fsp3) is 0.286. The van der Waals surface area contributed by atoms with Crippen LogP contribution < -0.4 is 15.4 Å². The summed E-state index contributed by atoms with van der Waals surface area (Å²) in [5, 5.41) is 12.9. The number of nitrogens with one attached hydrogen (secondary N) is 2. The van der Waals surface area contributed by atoms with Crippen molar-refractivity contribution in [2.45, 2.75) is 13.5 Å². The molecule has 9 nitrogen and oxygen atoms in total. The number of amides is 2. The van der Waals surface area contributed by atoms with Gasteiger partial charge in [-0.3, -0.25) is 10.1 Å². The first-order chi connectivity index (χ1) is 11.1. The van der Waals surface area contributed by atoms with Crippen LogP contribution in [0.2, 0.25) is 0 Å². The largest absolute Gasteiger partial charge is 0.497 e. The van der Waals surface area contributed by atoms with E-state index in [1.165, 1.54) is 11.0 Å². The van der Waals surface area contributed by atoms with E-state index in [1.54, 1.807) is 38.3 Å². The van der Waals surface area contributed by atoms with Crippen LogP contribution in [-0.4, -0.2) is 40.7 Å². The molecule has 1 aromatic carbocycles. The van der Waals surface area contributed by atoms with E-state index < -0.39 is 6.09 Å². The third kappa shape index (κ3) is 4.99. The number of nitrogens with zero attached hydrogens (tertiary/aromatic N) is 3. The predicted octanol–water partition coefficient (Wildman–Crippen LogP) is 1.49. The van der Waals surface area contributed by atoms with Gasteiger partial charge in [0, 0.05) is 5.69 Å². The standard InChI is InChI=1S/C14H17N5O4/c1-3-23-14(21)17-12-8-15-19(18-12)9-13(20)16-10-4-6-11(22-2)7-5-10/h4-8H,3,9H2,1-2H3,(H,16,20)(H,17,18,21). The molecule has 9 heteroatoms. The summed E-state index contributed by atoms with van der Waals surface area (Å²) in [6, 6.07) is 6.92. The molecule has 0 aliphatic carbocycles. The number of aromatic nitrogens is 3. The number of hydrogen-bond donors (Lipinski definition) is 2. The van der Waals surface area contributed by atoms with Crippen molar-refractivity contribution in [1.29, 1.82) is 0 Å². The van der Waals surface area contributed by atoms with Gasteiger partial charge in [0.15, 0.2) is 5.82 Å². The second kappa shape index (κ2) is 7.78. The maximum absolute atomic E-state index is 11.9. The topological polar surface area (TPSA) is 107 Å². The first kappa shape index (κ1) is 16.3. The molecule has 2 rings (SSSR count). The SMILES string of the molecule is CCOC(=O)Nc1cnn(CC(=O)Nc2ccc(OC)cc2)n1. The minimum Gasteiger partial charge on any atom is -0.497 e. The zero-order chi connectivity index (χ0) is 16.7. The van der Waals surface area contributed by atoms with Crippen molar-refractivity contribution in [2.75, 3.05) is 24.4 Å². The summed E-state index contributed by atoms with van der Waals surface area (Å²) in [6.07, 6.45) is 0.708. The zero-order valence-corrected chi connectivity index (χ0v) is 12.8. The summed E-state index contributed by atoms with van der Waals surface area (Å²) in [5.41, 5.74) is 0.632. The third-order valence-electron chi connectivity index (χ3n) is 2.70. The van der Waals surface area contributed by atoms with Gasteiger partial charge in [-0.2, -0.15) is 9.90 Å². The molecule has 0 spiro atoms. The summed E-state index contributed by atoms with van der Waals surface area (Å²) < 4.78 is 9.76. The Morgan fingerprint density at radius 1 is 1.22 bits per heavy atom. The molecular formula is C14H17N5O4. The Balaban J connectivity index is 1.87. The van der Waals surface area contributed by atoms with E-state index in [0.717, 1.165) is 0 Å². The minimum atomic E-state index is -0.623. The van der Waals surface area contributed by atoms with Gasteiger partial charge in [-0.15, -0.1) is 5.10 Å². The summed E-state index contributed by atoms with van der Waals surface area (Å²) in [6.45, 7) is 1.86. The van der Waals surface area contributed by atoms with Crippen LogP contribution in [0.25, 0.3) is 0 Å². The highest BCUT2D eigenvalue weighted by Crippen LogP contribution is 2.14. The maximum atomic E-state index is 11.9. The number of carbonyl (C=O) groups is 2. The molecule has 2 amide bonds. The second-order valence-corrected chi connectivity index (χ2v) is 4.38. The molecule has 0 atom stereocenters. The number of benzene rings is 1. The number of rotatable bonds is 6. The molecule has 0 fully saturated rings. The van der Waals surface area contributed by atoms with Gasteiger partial charge in [0.25, 0.3) is 0 Å². The lowest BCUT2D eigenvalue weighted by Gasteiger charge is -2.05. The monoisotopic (exact) mass is 319 g/mol. The Bertz CT molecular complexity index is 668. The number of methoxy groups -OCH3 is 1. The van der Waals surface area contributed by atoms with Gasteiger partial charge in [-0.25, -0.2) is 4.79 Å². The highest BCUT2D eigenvalue weighted by molar-refractivity contribution is 5.90. The molecule has 23 heavy (non-hydrogen) atoms. The lowest BCUT2D eigenvalue weighted by molar-refractivity contribution is -0.117. The predicted molar refractivity (Wildman–Crippen MR) is 82.3 cm³/mol. The lowest BCUT2D eigenvalue weighted by atomic mass is 10.3. The quantitative estimate of drug-likeness (QED) is 0.835.